The molecule has 2 heterocycles. The van der Waals surface area contributed by atoms with E-state index >= 15 is 0 Å². The standard InChI is InChI=1S/C34H32F3N5O5/c1-20-14-21(2)40-33(39-20)47-31(32(45)46-19-30(44)41(3)4)34(22-10-6-5-7-11-22)25-12-8-9-13-28(25)42(29(43)17-38-34)18-24-26(36)15-23(35)16-27(24)37/h5-16,31,38H,17-19H2,1-4H3. The summed E-state index contributed by atoms with van der Waals surface area (Å²) in [4.78, 5) is 51.6. The maximum absolute atomic E-state index is 14.9. The average Bonchev–Trinajstić information content (AvgIpc) is 3.14. The first-order valence-corrected chi connectivity index (χ1v) is 14.6. The first-order valence-electron chi connectivity index (χ1n) is 14.6. The minimum absolute atomic E-state index is 0.166. The van der Waals surface area contributed by atoms with Crippen LogP contribution in [0.25, 0.3) is 0 Å². The second-order valence-electron chi connectivity index (χ2n) is 11.2. The van der Waals surface area contributed by atoms with Crippen molar-refractivity contribution >= 4 is 23.5 Å². The fourth-order valence-corrected chi connectivity index (χ4v) is 5.48. The molecule has 3 aromatic carbocycles. The number of rotatable bonds is 9. The van der Waals surface area contributed by atoms with Crippen LogP contribution in [0.1, 0.15) is 28.1 Å². The molecule has 1 aromatic heterocycles. The summed E-state index contributed by atoms with van der Waals surface area (Å²) in [5.74, 6) is -5.52. The molecule has 5 rings (SSSR count). The molecule has 0 saturated heterocycles. The highest BCUT2D eigenvalue weighted by Crippen LogP contribution is 2.43. The summed E-state index contributed by atoms with van der Waals surface area (Å²) in [6.07, 6.45) is -1.66. The van der Waals surface area contributed by atoms with Crippen molar-refractivity contribution in [3.63, 3.8) is 0 Å². The molecule has 2 amide bonds. The second kappa shape index (κ2) is 13.6. The predicted molar refractivity (Wildman–Crippen MR) is 165 cm³/mol. The van der Waals surface area contributed by atoms with Crippen LogP contribution in [0.5, 0.6) is 6.01 Å². The van der Waals surface area contributed by atoms with Crippen molar-refractivity contribution in [2.45, 2.75) is 32.0 Å². The van der Waals surface area contributed by atoms with Crippen molar-refractivity contribution in [3.8, 4) is 6.01 Å². The highest BCUT2D eigenvalue weighted by molar-refractivity contribution is 5.97. The zero-order valence-electron chi connectivity index (χ0n) is 26.1. The van der Waals surface area contributed by atoms with E-state index in [2.05, 4.69) is 15.3 Å². The van der Waals surface area contributed by atoms with Crippen LogP contribution < -0.4 is 15.0 Å². The summed E-state index contributed by atoms with van der Waals surface area (Å²) in [6.45, 7) is 1.79. The van der Waals surface area contributed by atoms with Gasteiger partial charge in [0, 0.05) is 54.4 Å². The molecule has 2 unspecified atom stereocenters. The van der Waals surface area contributed by atoms with Crippen LogP contribution in [0.2, 0.25) is 0 Å². The Hall–Kier alpha value is -5.30. The number of halogens is 3. The van der Waals surface area contributed by atoms with Gasteiger partial charge in [-0.1, -0.05) is 48.5 Å². The highest BCUT2D eigenvalue weighted by atomic mass is 19.1. The SMILES string of the molecule is Cc1cc(C)nc(OC(C(=O)OCC(=O)N(C)C)C2(c3ccccc3)NCC(=O)N(Cc3c(F)cc(F)cc3F)c3ccccc32)n1. The number of nitrogens with zero attached hydrogens (tertiary/aromatic N) is 4. The lowest BCUT2D eigenvalue weighted by Gasteiger charge is -2.40. The lowest BCUT2D eigenvalue weighted by molar-refractivity contribution is -0.160. The van der Waals surface area contributed by atoms with Crippen LogP contribution in [0.3, 0.4) is 0 Å². The predicted octanol–water partition coefficient (Wildman–Crippen LogP) is 3.97. The van der Waals surface area contributed by atoms with E-state index in [9.17, 15) is 27.6 Å². The number of esters is 1. The van der Waals surface area contributed by atoms with Gasteiger partial charge in [-0.2, -0.15) is 0 Å². The van der Waals surface area contributed by atoms with E-state index in [-0.39, 0.29) is 11.7 Å². The van der Waals surface area contributed by atoms with Crippen molar-refractivity contribution in [2.24, 2.45) is 0 Å². The van der Waals surface area contributed by atoms with Gasteiger partial charge in [-0.3, -0.25) is 14.9 Å². The van der Waals surface area contributed by atoms with Gasteiger partial charge in [0.05, 0.1) is 13.1 Å². The number of hydrogen-bond donors (Lipinski definition) is 1. The van der Waals surface area contributed by atoms with Gasteiger partial charge in [-0.25, -0.2) is 27.9 Å². The van der Waals surface area contributed by atoms with Gasteiger partial charge < -0.3 is 19.3 Å². The number of hydrogen-bond acceptors (Lipinski definition) is 8. The third-order valence-electron chi connectivity index (χ3n) is 7.72. The summed E-state index contributed by atoms with van der Waals surface area (Å²) in [6, 6.07) is 17.7. The van der Waals surface area contributed by atoms with Gasteiger partial charge in [0.15, 0.2) is 6.61 Å². The van der Waals surface area contributed by atoms with Crippen molar-refractivity contribution in [3.05, 3.63) is 118 Å². The van der Waals surface area contributed by atoms with Crippen LogP contribution >= 0.6 is 0 Å². The minimum atomic E-state index is -1.72. The van der Waals surface area contributed by atoms with Gasteiger partial charge in [0.2, 0.25) is 12.0 Å². The fraction of sp³-hybridized carbons (Fsp3) is 0.265. The van der Waals surface area contributed by atoms with Crippen molar-refractivity contribution in [2.75, 3.05) is 32.1 Å². The van der Waals surface area contributed by atoms with E-state index in [0.29, 0.717) is 34.6 Å². The third kappa shape index (κ3) is 6.80. The number of carbonyl (C=O) groups excluding carboxylic acids is 3. The van der Waals surface area contributed by atoms with Crippen molar-refractivity contribution in [1.29, 1.82) is 0 Å². The molecule has 2 atom stereocenters. The molecule has 47 heavy (non-hydrogen) atoms. The number of aryl methyl sites for hydroxylation is 2. The smallest absolute Gasteiger partial charge is 0.350 e. The van der Waals surface area contributed by atoms with Crippen LogP contribution in [0.4, 0.5) is 18.9 Å². The Labute approximate surface area is 269 Å². The number of nitrogens with one attached hydrogen (secondary N) is 1. The lowest BCUT2D eigenvalue weighted by Crippen LogP contribution is -2.59. The normalized spacial score (nSPS) is 16.6. The second-order valence-corrected chi connectivity index (χ2v) is 11.2. The van der Waals surface area contributed by atoms with Gasteiger partial charge in [0.25, 0.3) is 5.91 Å². The maximum atomic E-state index is 14.9. The average molecular weight is 648 g/mol. The molecular formula is C34H32F3N5O5. The first-order chi connectivity index (χ1) is 22.4. The Morgan fingerprint density at radius 3 is 2.21 bits per heavy atom. The third-order valence-corrected chi connectivity index (χ3v) is 7.72. The number of carbonyl (C=O) groups is 3. The summed E-state index contributed by atoms with van der Waals surface area (Å²) >= 11 is 0. The van der Waals surface area contributed by atoms with Crippen molar-refractivity contribution in [1.82, 2.24) is 20.2 Å². The number of para-hydroxylation sites is 1. The topological polar surface area (TPSA) is 114 Å². The molecule has 0 bridgehead atoms. The molecule has 0 spiro atoms. The van der Waals surface area contributed by atoms with Crippen molar-refractivity contribution < 1.29 is 37.0 Å². The molecule has 1 N–H and O–H groups in total. The maximum Gasteiger partial charge on any atom is 0.350 e. The molecule has 244 valence electrons. The van der Waals surface area contributed by atoms with Crippen LogP contribution in [0, 0.1) is 31.3 Å². The minimum Gasteiger partial charge on any atom is -0.453 e. The van der Waals surface area contributed by atoms with E-state index in [1.807, 2.05) is 0 Å². The quantitative estimate of drug-likeness (QED) is 0.272. The molecule has 1 aliphatic rings. The van der Waals surface area contributed by atoms with E-state index in [1.165, 1.54) is 19.0 Å². The monoisotopic (exact) mass is 647 g/mol. The molecule has 0 aliphatic carbocycles. The Morgan fingerprint density at radius 1 is 0.957 bits per heavy atom. The number of aromatic nitrogens is 2. The molecule has 0 saturated carbocycles. The molecule has 1 aliphatic heterocycles. The number of likely N-dealkylation sites (N-methyl/N-ethyl adjacent to an activating group) is 1. The zero-order chi connectivity index (χ0) is 33.9. The molecule has 0 radical (unpaired) electrons. The Morgan fingerprint density at radius 2 is 1.57 bits per heavy atom. The number of benzene rings is 3. The molecule has 0 fully saturated rings. The Kier molecular flexibility index (Phi) is 9.56. The summed E-state index contributed by atoms with van der Waals surface area (Å²) < 4.78 is 55.3. The van der Waals surface area contributed by atoms with Crippen LogP contribution in [-0.4, -0.2) is 66.0 Å². The molecule has 10 nitrogen and oxygen atoms in total. The first kappa shape index (κ1) is 33.1. The van der Waals surface area contributed by atoms with Crippen LogP contribution in [-0.2, 0) is 31.2 Å². The van der Waals surface area contributed by atoms with E-state index in [0.717, 1.165) is 4.90 Å². The highest BCUT2D eigenvalue weighted by Gasteiger charge is 2.53. The summed E-state index contributed by atoms with van der Waals surface area (Å²) in [7, 11) is 3.02. The number of ether oxygens (including phenoxy) is 2. The molecular weight excluding hydrogens is 615 g/mol. The lowest BCUT2D eigenvalue weighted by atomic mass is 9.77. The zero-order valence-corrected chi connectivity index (χ0v) is 26.1. The van der Waals surface area contributed by atoms with E-state index in [1.54, 1.807) is 74.5 Å². The van der Waals surface area contributed by atoms with E-state index < -0.39 is 72.1 Å². The molecule has 4 aromatic rings. The summed E-state index contributed by atoms with van der Waals surface area (Å²) in [5.41, 5.74) is -0.218. The number of fused-ring (bicyclic) bond motifs is 1. The largest absolute Gasteiger partial charge is 0.453 e. The fourth-order valence-electron chi connectivity index (χ4n) is 5.48. The molecule has 13 heteroatoms. The van der Waals surface area contributed by atoms with Gasteiger partial charge in [-0.15, -0.1) is 0 Å². The number of amides is 2. The summed E-state index contributed by atoms with van der Waals surface area (Å²) in [5, 5.41) is 3.20. The van der Waals surface area contributed by atoms with Gasteiger partial charge in [0.1, 0.15) is 23.0 Å². The van der Waals surface area contributed by atoms with Crippen LogP contribution in [0.15, 0.2) is 72.8 Å². The van der Waals surface area contributed by atoms with Gasteiger partial charge >= 0.3 is 12.0 Å². The Balaban J connectivity index is 1.73. The Bertz CT molecular complexity index is 1780. The van der Waals surface area contributed by atoms with E-state index in [4.69, 9.17) is 9.47 Å². The number of anilines is 1. The van der Waals surface area contributed by atoms with Gasteiger partial charge in [-0.05, 0) is 31.5 Å².